The zero-order valence-corrected chi connectivity index (χ0v) is 13.8. The fourth-order valence-corrected chi connectivity index (χ4v) is 1.90. The van der Waals surface area contributed by atoms with E-state index < -0.39 is 23.8 Å². The Kier molecular flexibility index (Phi) is 7.83. The van der Waals surface area contributed by atoms with Crippen molar-refractivity contribution in [3.05, 3.63) is 28.5 Å². The summed E-state index contributed by atoms with van der Waals surface area (Å²) in [7, 11) is 1.51. The van der Waals surface area contributed by atoms with E-state index in [9.17, 15) is 14.0 Å². The number of esters is 1. The molecule has 1 amide bonds. The Morgan fingerprint density at radius 2 is 2.14 bits per heavy atom. The first-order chi connectivity index (χ1) is 10.4. The molecule has 0 radical (unpaired) electrons. The van der Waals surface area contributed by atoms with Gasteiger partial charge in [-0.2, -0.15) is 0 Å². The van der Waals surface area contributed by atoms with E-state index in [0.29, 0.717) is 23.4 Å². The van der Waals surface area contributed by atoms with Crippen LogP contribution in [0.3, 0.4) is 0 Å². The highest BCUT2D eigenvalue weighted by Gasteiger charge is 2.18. The lowest BCUT2D eigenvalue weighted by Crippen LogP contribution is -2.38. The fraction of sp³-hybridized carbons (Fsp3) is 0.429. The number of amides is 1. The van der Waals surface area contributed by atoms with E-state index in [2.05, 4.69) is 21.2 Å². The Hall–Kier alpha value is -1.67. The molecule has 0 unspecified atom stereocenters. The number of methoxy groups -OCH3 is 1. The van der Waals surface area contributed by atoms with E-state index in [1.165, 1.54) is 32.2 Å². The first-order valence-corrected chi connectivity index (χ1v) is 7.27. The predicted octanol–water partition coefficient (Wildman–Crippen LogP) is 1.66. The van der Waals surface area contributed by atoms with Crippen LogP contribution in [0.25, 0.3) is 0 Å². The van der Waals surface area contributed by atoms with Gasteiger partial charge in [-0.3, -0.25) is 4.79 Å². The number of rotatable bonds is 8. The normalized spacial score (nSPS) is 11.6. The second-order valence-electron chi connectivity index (χ2n) is 4.28. The molecule has 6 nitrogen and oxygen atoms in total. The highest BCUT2D eigenvalue weighted by Crippen LogP contribution is 2.25. The van der Waals surface area contributed by atoms with Crippen molar-refractivity contribution < 1.29 is 28.2 Å². The lowest BCUT2D eigenvalue weighted by atomic mass is 10.3. The lowest BCUT2D eigenvalue weighted by molar-refractivity contribution is -0.156. The van der Waals surface area contributed by atoms with Crippen molar-refractivity contribution in [2.24, 2.45) is 0 Å². The Labute approximate surface area is 136 Å². The zero-order chi connectivity index (χ0) is 16.5. The van der Waals surface area contributed by atoms with Crippen LogP contribution in [-0.2, 0) is 19.1 Å². The maximum absolute atomic E-state index is 12.9. The average Bonchev–Trinajstić information content (AvgIpc) is 2.46. The molecule has 0 bridgehead atoms. The molecule has 0 aliphatic rings. The summed E-state index contributed by atoms with van der Waals surface area (Å²) < 4.78 is 28.2. The summed E-state index contributed by atoms with van der Waals surface area (Å²) in [6.07, 6.45) is -0.940. The summed E-state index contributed by atoms with van der Waals surface area (Å²) >= 11 is 3.11. The van der Waals surface area contributed by atoms with Gasteiger partial charge in [-0.1, -0.05) is 0 Å². The number of hydrogen-bond acceptors (Lipinski definition) is 5. The standard InChI is InChI=1S/C14H17BrFNO5/c1-9(14(19)17-5-6-20-2)22-13(18)8-21-12-4-3-10(16)7-11(12)15/h3-4,7,9H,5-6,8H2,1-2H3,(H,17,19)/t9-/m1/s1. The highest BCUT2D eigenvalue weighted by atomic mass is 79.9. The van der Waals surface area contributed by atoms with Crippen LogP contribution in [0, 0.1) is 5.82 Å². The smallest absolute Gasteiger partial charge is 0.344 e. The summed E-state index contributed by atoms with van der Waals surface area (Å²) in [6, 6.07) is 3.80. The third kappa shape index (κ3) is 6.40. The molecular weight excluding hydrogens is 361 g/mol. The van der Waals surface area contributed by atoms with Gasteiger partial charge in [-0.25, -0.2) is 9.18 Å². The molecule has 1 atom stereocenters. The van der Waals surface area contributed by atoms with Crippen LogP contribution in [0.1, 0.15) is 6.92 Å². The molecule has 0 aliphatic heterocycles. The first kappa shape index (κ1) is 18.4. The van der Waals surface area contributed by atoms with Gasteiger partial charge in [0.05, 0.1) is 11.1 Å². The molecule has 0 heterocycles. The molecular formula is C14H17BrFNO5. The van der Waals surface area contributed by atoms with E-state index in [1.807, 2.05) is 0 Å². The van der Waals surface area contributed by atoms with Crippen LogP contribution >= 0.6 is 15.9 Å². The Bertz CT molecular complexity index is 526. The molecule has 1 rings (SSSR count). The van der Waals surface area contributed by atoms with E-state index in [1.54, 1.807) is 0 Å². The monoisotopic (exact) mass is 377 g/mol. The lowest BCUT2D eigenvalue weighted by Gasteiger charge is -2.14. The van der Waals surface area contributed by atoms with Gasteiger partial charge < -0.3 is 19.5 Å². The third-order valence-electron chi connectivity index (χ3n) is 2.52. The van der Waals surface area contributed by atoms with Gasteiger partial charge >= 0.3 is 5.97 Å². The van der Waals surface area contributed by atoms with E-state index >= 15 is 0 Å². The van der Waals surface area contributed by atoms with E-state index in [4.69, 9.17) is 14.2 Å². The van der Waals surface area contributed by atoms with Crippen molar-refractivity contribution >= 4 is 27.8 Å². The Morgan fingerprint density at radius 3 is 2.77 bits per heavy atom. The molecule has 1 N–H and O–H groups in total. The summed E-state index contributed by atoms with van der Waals surface area (Å²) in [6.45, 7) is 1.76. The van der Waals surface area contributed by atoms with Crippen molar-refractivity contribution in [3.8, 4) is 5.75 Å². The number of benzene rings is 1. The minimum atomic E-state index is -0.940. The van der Waals surface area contributed by atoms with Crippen molar-refractivity contribution in [1.29, 1.82) is 0 Å². The maximum Gasteiger partial charge on any atom is 0.344 e. The van der Waals surface area contributed by atoms with Crippen LogP contribution in [0.4, 0.5) is 4.39 Å². The second-order valence-corrected chi connectivity index (χ2v) is 5.13. The molecule has 0 saturated heterocycles. The number of ether oxygens (including phenoxy) is 3. The molecule has 0 aromatic heterocycles. The molecule has 0 fully saturated rings. The number of nitrogens with one attached hydrogen (secondary N) is 1. The second kappa shape index (κ2) is 9.37. The van der Waals surface area contributed by atoms with Crippen LogP contribution in [0.5, 0.6) is 5.75 Å². The van der Waals surface area contributed by atoms with Gasteiger partial charge in [0.1, 0.15) is 11.6 Å². The third-order valence-corrected chi connectivity index (χ3v) is 3.14. The van der Waals surface area contributed by atoms with Gasteiger partial charge in [0.15, 0.2) is 12.7 Å². The Morgan fingerprint density at radius 1 is 1.41 bits per heavy atom. The quantitative estimate of drug-likeness (QED) is 0.550. The van der Waals surface area contributed by atoms with Crippen LogP contribution in [0.15, 0.2) is 22.7 Å². The minimum Gasteiger partial charge on any atom is -0.481 e. The summed E-state index contributed by atoms with van der Waals surface area (Å²) in [4.78, 5) is 23.2. The first-order valence-electron chi connectivity index (χ1n) is 6.48. The topological polar surface area (TPSA) is 73.9 Å². The van der Waals surface area contributed by atoms with Gasteiger partial charge in [-0.15, -0.1) is 0 Å². The molecule has 0 spiro atoms. The van der Waals surface area contributed by atoms with Crippen molar-refractivity contribution in [3.63, 3.8) is 0 Å². The van der Waals surface area contributed by atoms with Gasteiger partial charge in [0.25, 0.3) is 5.91 Å². The van der Waals surface area contributed by atoms with Crippen molar-refractivity contribution in [2.45, 2.75) is 13.0 Å². The van der Waals surface area contributed by atoms with Crippen molar-refractivity contribution in [1.82, 2.24) is 5.32 Å². The summed E-state index contributed by atoms with van der Waals surface area (Å²) in [5.41, 5.74) is 0. The maximum atomic E-state index is 12.9. The molecule has 22 heavy (non-hydrogen) atoms. The zero-order valence-electron chi connectivity index (χ0n) is 12.2. The van der Waals surface area contributed by atoms with Gasteiger partial charge in [0, 0.05) is 13.7 Å². The minimum absolute atomic E-state index is 0.301. The fourth-order valence-electron chi connectivity index (χ4n) is 1.43. The number of hydrogen-bond donors (Lipinski definition) is 1. The highest BCUT2D eigenvalue weighted by molar-refractivity contribution is 9.10. The number of carbonyl (C=O) groups is 2. The molecule has 1 aromatic rings. The van der Waals surface area contributed by atoms with Gasteiger partial charge in [-0.05, 0) is 41.1 Å². The number of halogens is 2. The Balaban J connectivity index is 2.37. The van der Waals surface area contributed by atoms with Crippen LogP contribution < -0.4 is 10.1 Å². The van der Waals surface area contributed by atoms with Crippen LogP contribution in [-0.4, -0.2) is 44.8 Å². The van der Waals surface area contributed by atoms with E-state index in [-0.39, 0.29) is 6.61 Å². The molecule has 0 aliphatic carbocycles. The summed E-state index contributed by atoms with van der Waals surface area (Å²) in [5, 5.41) is 2.55. The predicted molar refractivity (Wildman–Crippen MR) is 80.0 cm³/mol. The van der Waals surface area contributed by atoms with Crippen LogP contribution in [0.2, 0.25) is 0 Å². The van der Waals surface area contributed by atoms with Gasteiger partial charge in [0.2, 0.25) is 0 Å². The van der Waals surface area contributed by atoms with E-state index in [0.717, 1.165) is 0 Å². The van der Waals surface area contributed by atoms with Crippen molar-refractivity contribution in [2.75, 3.05) is 26.9 Å². The number of carbonyl (C=O) groups excluding carboxylic acids is 2. The largest absolute Gasteiger partial charge is 0.481 e. The molecule has 122 valence electrons. The SMILES string of the molecule is COCCNC(=O)[C@@H](C)OC(=O)COc1ccc(F)cc1Br. The molecule has 0 saturated carbocycles. The summed E-state index contributed by atoms with van der Waals surface area (Å²) in [5.74, 6) is -1.25. The molecule has 1 aromatic carbocycles. The molecule has 8 heteroatoms. The average molecular weight is 378 g/mol.